The molecule has 2 rings (SSSR count). The van der Waals surface area contributed by atoms with Gasteiger partial charge in [0.15, 0.2) is 9.84 Å². The topological polar surface area (TPSA) is 85.1 Å². The van der Waals surface area contributed by atoms with Gasteiger partial charge < -0.3 is 11.1 Å². The van der Waals surface area contributed by atoms with Crippen LogP contribution in [0.4, 0.5) is 11.4 Å². The smallest absolute Gasteiger partial charge is 0.175 e. The molecule has 0 fully saturated rings. The van der Waals surface area contributed by atoms with Crippen LogP contribution in [0.15, 0.2) is 34.7 Å². The number of hydrogen-bond donors (Lipinski definition) is 2. The van der Waals surface area contributed by atoms with Crippen molar-refractivity contribution in [2.24, 2.45) is 0 Å². The largest absolute Gasteiger partial charge is 0.397 e. The second kappa shape index (κ2) is 5.06. The highest BCUT2D eigenvalue weighted by atomic mass is 32.2. The summed E-state index contributed by atoms with van der Waals surface area (Å²) in [4.78, 5) is 4.51. The predicted octanol–water partition coefficient (Wildman–Crippen LogP) is 2.48. The summed E-state index contributed by atoms with van der Waals surface area (Å²) in [6.07, 6.45) is 2.91. The first kappa shape index (κ1) is 14.8. The Morgan fingerprint density at radius 1 is 1.35 bits per heavy atom. The van der Waals surface area contributed by atoms with E-state index < -0.39 is 9.84 Å². The van der Waals surface area contributed by atoms with E-state index in [1.807, 2.05) is 19.2 Å². The standard InChI is InChI=1S/C13H17N3O2S2/c1-13(2,12-15-6-7-19-12)16-11-5-4-9(8-10(11)14)20(3,17)18/h4-8,16H,14H2,1-3H3. The maximum Gasteiger partial charge on any atom is 0.175 e. The number of benzene rings is 1. The van der Waals surface area contributed by atoms with Crippen LogP contribution in [0.25, 0.3) is 0 Å². The van der Waals surface area contributed by atoms with E-state index in [4.69, 9.17) is 5.73 Å². The summed E-state index contributed by atoms with van der Waals surface area (Å²) < 4.78 is 23.0. The fraction of sp³-hybridized carbons (Fsp3) is 0.308. The summed E-state index contributed by atoms with van der Waals surface area (Å²) in [5.41, 5.74) is 6.65. The number of anilines is 2. The molecular formula is C13H17N3O2S2. The molecular weight excluding hydrogens is 294 g/mol. The molecule has 0 aliphatic carbocycles. The Labute approximate surface area is 122 Å². The number of aromatic nitrogens is 1. The van der Waals surface area contributed by atoms with Gasteiger partial charge in [-0.05, 0) is 32.0 Å². The number of thiazole rings is 1. The van der Waals surface area contributed by atoms with E-state index >= 15 is 0 Å². The van der Waals surface area contributed by atoms with Crippen molar-refractivity contribution < 1.29 is 8.42 Å². The quantitative estimate of drug-likeness (QED) is 0.847. The molecule has 1 aromatic carbocycles. The van der Waals surface area contributed by atoms with Crippen LogP contribution in [0.2, 0.25) is 0 Å². The molecule has 1 aromatic heterocycles. The highest BCUT2D eigenvalue weighted by Crippen LogP contribution is 2.31. The monoisotopic (exact) mass is 311 g/mol. The van der Waals surface area contributed by atoms with E-state index in [1.165, 1.54) is 6.07 Å². The van der Waals surface area contributed by atoms with Crippen molar-refractivity contribution in [2.45, 2.75) is 24.3 Å². The Morgan fingerprint density at radius 3 is 2.55 bits per heavy atom. The zero-order chi connectivity index (χ0) is 15.0. The highest BCUT2D eigenvalue weighted by molar-refractivity contribution is 7.90. The van der Waals surface area contributed by atoms with E-state index in [1.54, 1.807) is 29.7 Å². The van der Waals surface area contributed by atoms with Crippen molar-refractivity contribution in [3.8, 4) is 0 Å². The summed E-state index contributed by atoms with van der Waals surface area (Å²) in [5.74, 6) is 0. The minimum atomic E-state index is -3.25. The third-order valence-electron chi connectivity index (χ3n) is 2.87. The highest BCUT2D eigenvalue weighted by Gasteiger charge is 2.24. The van der Waals surface area contributed by atoms with E-state index in [0.717, 1.165) is 11.3 Å². The maximum absolute atomic E-state index is 11.5. The van der Waals surface area contributed by atoms with Crippen LogP contribution in [0.1, 0.15) is 18.9 Å². The van der Waals surface area contributed by atoms with Crippen molar-refractivity contribution in [1.29, 1.82) is 0 Å². The SMILES string of the molecule is CC(C)(Nc1ccc(S(C)(=O)=O)cc1N)c1nccs1. The van der Waals surface area contributed by atoms with Gasteiger partial charge in [0.1, 0.15) is 5.01 Å². The van der Waals surface area contributed by atoms with Gasteiger partial charge in [-0.3, -0.25) is 0 Å². The molecule has 0 amide bonds. The summed E-state index contributed by atoms with van der Waals surface area (Å²) in [6, 6.07) is 4.70. The maximum atomic E-state index is 11.5. The summed E-state index contributed by atoms with van der Waals surface area (Å²) >= 11 is 1.55. The Bertz CT molecular complexity index is 707. The van der Waals surface area contributed by atoms with Gasteiger partial charge in [0.25, 0.3) is 0 Å². The fourth-order valence-electron chi connectivity index (χ4n) is 1.81. The number of nitrogens with one attached hydrogen (secondary N) is 1. The lowest BCUT2D eigenvalue weighted by molar-refractivity contribution is 0.601. The van der Waals surface area contributed by atoms with Gasteiger partial charge in [0.2, 0.25) is 0 Å². The van der Waals surface area contributed by atoms with Crippen molar-refractivity contribution in [2.75, 3.05) is 17.3 Å². The van der Waals surface area contributed by atoms with Crippen LogP contribution in [0.5, 0.6) is 0 Å². The second-order valence-corrected chi connectivity index (χ2v) is 8.02. The number of hydrogen-bond acceptors (Lipinski definition) is 6. The summed E-state index contributed by atoms with van der Waals surface area (Å²) in [5, 5.41) is 6.14. The van der Waals surface area contributed by atoms with Gasteiger partial charge in [-0.1, -0.05) is 0 Å². The lowest BCUT2D eigenvalue weighted by Crippen LogP contribution is -2.28. The Morgan fingerprint density at radius 2 is 2.05 bits per heavy atom. The minimum absolute atomic E-state index is 0.215. The van der Waals surface area contributed by atoms with Gasteiger partial charge >= 0.3 is 0 Å². The van der Waals surface area contributed by atoms with Crippen LogP contribution in [0.3, 0.4) is 0 Å². The predicted molar refractivity (Wildman–Crippen MR) is 82.7 cm³/mol. The zero-order valence-corrected chi connectivity index (χ0v) is 13.2. The molecule has 0 bridgehead atoms. The molecule has 0 atom stereocenters. The fourth-order valence-corrected chi connectivity index (χ4v) is 3.18. The molecule has 3 N–H and O–H groups in total. The van der Waals surface area contributed by atoms with E-state index in [9.17, 15) is 8.42 Å². The average molecular weight is 311 g/mol. The third kappa shape index (κ3) is 3.10. The lowest BCUT2D eigenvalue weighted by atomic mass is 10.1. The van der Waals surface area contributed by atoms with Gasteiger partial charge in [0.05, 0.1) is 21.8 Å². The first-order valence-electron chi connectivity index (χ1n) is 5.98. The Hall–Kier alpha value is -1.60. The van der Waals surface area contributed by atoms with Crippen molar-refractivity contribution in [3.63, 3.8) is 0 Å². The number of rotatable bonds is 4. The first-order chi connectivity index (χ1) is 9.20. The molecule has 0 spiro atoms. The summed E-state index contributed by atoms with van der Waals surface area (Å²) in [6.45, 7) is 3.99. The molecule has 20 heavy (non-hydrogen) atoms. The van der Waals surface area contributed by atoms with Crippen LogP contribution in [0, 0.1) is 0 Å². The van der Waals surface area contributed by atoms with Gasteiger partial charge in [-0.25, -0.2) is 13.4 Å². The van der Waals surface area contributed by atoms with Crippen LogP contribution >= 0.6 is 11.3 Å². The van der Waals surface area contributed by atoms with E-state index in [2.05, 4.69) is 10.3 Å². The van der Waals surface area contributed by atoms with Crippen LogP contribution < -0.4 is 11.1 Å². The van der Waals surface area contributed by atoms with Crippen molar-refractivity contribution in [3.05, 3.63) is 34.8 Å². The lowest BCUT2D eigenvalue weighted by Gasteiger charge is -2.26. The minimum Gasteiger partial charge on any atom is -0.397 e. The van der Waals surface area contributed by atoms with Gasteiger partial charge in [-0.2, -0.15) is 0 Å². The Balaban J connectivity index is 2.31. The third-order valence-corrected chi connectivity index (χ3v) is 5.07. The van der Waals surface area contributed by atoms with Crippen molar-refractivity contribution >= 4 is 32.5 Å². The van der Waals surface area contributed by atoms with Crippen LogP contribution in [-0.4, -0.2) is 19.7 Å². The number of nitrogen functional groups attached to an aromatic ring is 1. The molecule has 2 aromatic rings. The number of sulfone groups is 1. The molecule has 0 unspecified atom stereocenters. The van der Waals surface area contributed by atoms with Gasteiger partial charge in [-0.15, -0.1) is 11.3 Å². The van der Waals surface area contributed by atoms with Gasteiger partial charge in [0, 0.05) is 17.8 Å². The second-order valence-electron chi connectivity index (χ2n) is 5.11. The Kier molecular flexibility index (Phi) is 3.75. The molecule has 0 aliphatic rings. The summed E-state index contributed by atoms with van der Waals surface area (Å²) in [7, 11) is -3.25. The molecule has 0 saturated heterocycles. The average Bonchev–Trinajstić information content (AvgIpc) is 2.84. The molecule has 0 radical (unpaired) electrons. The van der Waals surface area contributed by atoms with E-state index in [-0.39, 0.29) is 10.4 Å². The zero-order valence-electron chi connectivity index (χ0n) is 11.5. The molecule has 1 heterocycles. The normalized spacial score (nSPS) is 12.3. The number of nitrogens with two attached hydrogens (primary N) is 1. The molecule has 5 nitrogen and oxygen atoms in total. The molecule has 0 saturated carbocycles. The van der Waals surface area contributed by atoms with Crippen LogP contribution in [-0.2, 0) is 15.4 Å². The van der Waals surface area contributed by atoms with Crippen molar-refractivity contribution in [1.82, 2.24) is 4.98 Å². The molecule has 108 valence electrons. The first-order valence-corrected chi connectivity index (χ1v) is 8.75. The number of nitrogens with zero attached hydrogens (tertiary/aromatic N) is 1. The van der Waals surface area contributed by atoms with E-state index in [0.29, 0.717) is 11.4 Å². The molecule has 7 heteroatoms. The molecule has 0 aliphatic heterocycles.